The molecule has 0 aliphatic carbocycles. The number of carbonyl (C=O) groups is 1. The maximum absolute atomic E-state index is 10.8. The second kappa shape index (κ2) is 11.4. The Morgan fingerprint density at radius 1 is 0.900 bits per heavy atom. The highest BCUT2D eigenvalue weighted by Gasteiger charge is 1.99. The fourth-order valence-electron chi connectivity index (χ4n) is 1.46. The van der Waals surface area contributed by atoms with Crippen molar-refractivity contribution in [3.05, 3.63) is 35.9 Å². The fourth-order valence-corrected chi connectivity index (χ4v) is 1.46. The molecule has 0 fully saturated rings. The number of esters is 1. The number of ether oxygens (including phenoxy) is 4. The van der Waals surface area contributed by atoms with Crippen molar-refractivity contribution in [3.63, 3.8) is 0 Å². The molecule has 1 aromatic rings. The molecule has 0 aliphatic rings. The minimum absolute atomic E-state index is 0.264. The van der Waals surface area contributed by atoms with Gasteiger partial charge in [0, 0.05) is 0 Å². The molecule has 0 radical (unpaired) electrons. The summed E-state index contributed by atoms with van der Waals surface area (Å²) < 4.78 is 20.5. The average molecular weight is 282 g/mol. The molecule has 5 heteroatoms. The summed E-state index contributed by atoms with van der Waals surface area (Å²) in [5.41, 5.74) is 1.15. The lowest BCUT2D eigenvalue weighted by Crippen LogP contribution is -2.11. The van der Waals surface area contributed by atoms with Crippen molar-refractivity contribution in [3.8, 4) is 0 Å². The van der Waals surface area contributed by atoms with E-state index in [9.17, 15) is 4.79 Å². The zero-order valence-electron chi connectivity index (χ0n) is 11.9. The summed E-state index contributed by atoms with van der Waals surface area (Å²) in [7, 11) is 1.36. The van der Waals surface area contributed by atoms with Crippen molar-refractivity contribution in [1.82, 2.24) is 0 Å². The molecule has 0 amide bonds. The largest absolute Gasteiger partial charge is 0.469 e. The Hall–Kier alpha value is -1.43. The zero-order valence-corrected chi connectivity index (χ0v) is 11.9. The van der Waals surface area contributed by atoms with Gasteiger partial charge in [0.15, 0.2) is 0 Å². The van der Waals surface area contributed by atoms with Crippen molar-refractivity contribution in [2.75, 3.05) is 40.1 Å². The number of hydrogen-bond donors (Lipinski definition) is 0. The third-order valence-corrected chi connectivity index (χ3v) is 2.53. The average Bonchev–Trinajstić information content (AvgIpc) is 2.50. The van der Waals surface area contributed by atoms with Gasteiger partial charge >= 0.3 is 5.97 Å². The number of benzene rings is 1. The van der Waals surface area contributed by atoms with Crippen LogP contribution in [0.5, 0.6) is 0 Å². The van der Waals surface area contributed by atoms with Gasteiger partial charge in [-0.15, -0.1) is 0 Å². The van der Waals surface area contributed by atoms with Crippen molar-refractivity contribution < 1.29 is 23.7 Å². The molecular weight excluding hydrogens is 260 g/mol. The number of methoxy groups -OCH3 is 1. The van der Waals surface area contributed by atoms with Crippen LogP contribution in [0.25, 0.3) is 0 Å². The van der Waals surface area contributed by atoms with Gasteiger partial charge < -0.3 is 18.9 Å². The molecular formula is C15H22O5. The summed E-state index contributed by atoms with van der Waals surface area (Å²) in [5, 5.41) is 0. The summed E-state index contributed by atoms with van der Waals surface area (Å²) in [4.78, 5) is 10.8. The van der Waals surface area contributed by atoms with Crippen molar-refractivity contribution in [1.29, 1.82) is 0 Å². The standard InChI is InChI=1S/C15H22O5/c1-17-15(16)7-8-18-9-10-19-11-12-20-13-14-5-3-2-4-6-14/h2-6H,7-13H2,1H3. The Morgan fingerprint density at radius 2 is 1.50 bits per heavy atom. The molecule has 0 bridgehead atoms. The molecule has 0 aromatic heterocycles. The Bertz CT molecular complexity index is 353. The predicted octanol–water partition coefficient (Wildman–Crippen LogP) is 1.80. The highest BCUT2D eigenvalue weighted by molar-refractivity contribution is 5.69. The van der Waals surface area contributed by atoms with Crippen LogP contribution in [-0.4, -0.2) is 46.1 Å². The van der Waals surface area contributed by atoms with E-state index in [1.807, 2.05) is 30.3 Å². The molecule has 5 nitrogen and oxygen atoms in total. The summed E-state index contributed by atoms with van der Waals surface area (Å²) in [5.74, 6) is -0.264. The van der Waals surface area contributed by atoms with Crippen LogP contribution in [0.1, 0.15) is 12.0 Å². The smallest absolute Gasteiger partial charge is 0.307 e. The normalized spacial score (nSPS) is 10.4. The Labute approximate surface area is 119 Å². The van der Waals surface area contributed by atoms with Crippen molar-refractivity contribution >= 4 is 5.97 Å². The van der Waals surface area contributed by atoms with Crippen molar-refractivity contribution in [2.45, 2.75) is 13.0 Å². The molecule has 0 spiro atoms. The second-order valence-corrected chi connectivity index (χ2v) is 4.09. The minimum atomic E-state index is -0.264. The first-order valence-corrected chi connectivity index (χ1v) is 6.67. The third-order valence-electron chi connectivity index (χ3n) is 2.53. The quantitative estimate of drug-likeness (QED) is 0.457. The molecule has 0 unspecified atom stereocenters. The van der Waals surface area contributed by atoms with Gasteiger partial charge in [0.2, 0.25) is 0 Å². The summed E-state index contributed by atoms with van der Waals surface area (Å²) >= 11 is 0. The van der Waals surface area contributed by atoms with E-state index in [-0.39, 0.29) is 12.4 Å². The SMILES string of the molecule is COC(=O)CCOCCOCCOCc1ccccc1. The maximum Gasteiger partial charge on any atom is 0.307 e. The van der Waals surface area contributed by atoms with E-state index in [1.54, 1.807) is 0 Å². The van der Waals surface area contributed by atoms with E-state index in [1.165, 1.54) is 7.11 Å². The van der Waals surface area contributed by atoms with Crippen LogP contribution in [0.4, 0.5) is 0 Å². The Balaban J connectivity index is 1.82. The van der Waals surface area contributed by atoms with E-state index >= 15 is 0 Å². The van der Waals surface area contributed by atoms with E-state index in [2.05, 4.69) is 4.74 Å². The first kappa shape index (κ1) is 16.6. The lowest BCUT2D eigenvalue weighted by atomic mass is 10.2. The van der Waals surface area contributed by atoms with Gasteiger partial charge in [-0.05, 0) is 5.56 Å². The minimum Gasteiger partial charge on any atom is -0.469 e. The van der Waals surface area contributed by atoms with Crippen LogP contribution in [-0.2, 0) is 30.3 Å². The van der Waals surface area contributed by atoms with Crippen molar-refractivity contribution in [2.24, 2.45) is 0 Å². The molecule has 20 heavy (non-hydrogen) atoms. The first-order chi connectivity index (χ1) is 9.83. The van der Waals surface area contributed by atoms with Gasteiger partial charge in [-0.1, -0.05) is 30.3 Å². The lowest BCUT2D eigenvalue weighted by molar-refractivity contribution is -0.141. The topological polar surface area (TPSA) is 54.0 Å². The second-order valence-electron chi connectivity index (χ2n) is 4.09. The zero-order chi connectivity index (χ0) is 14.5. The summed E-state index contributed by atoms with van der Waals surface area (Å²) in [6.45, 7) is 3.01. The van der Waals surface area contributed by atoms with E-state index in [0.717, 1.165) is 5.56 Å². The lowest BCUT2D eigenvalue weighted by Gasteiger charge is -2.06. The van der Waals surface area contributed by atoms with Crippen LogP contribution in [0.3, 0.4) is 0 Å². The molecule has 0 atom stereocenters. The summed E-state index contributed by atoms with van der Waals surface area (Å²) in [6.07, 6.45) is 0.274. The highest BCUT2D eigenvalue weighted by atomic mass is 16.5. The molecule has 0 saturated heterocycles. The molecule has 1 aromatic carbocycles. The molecule has 0 saturated carbocycles. The van der Waals surface area contributed by atoms with Gasteiger partial charge in [-0.2, -0.15) is 0 Å². The Morgan fingerprint density at radius 3 is 2.15 bits per heavy atom. The Kier molecular flexibility index (Phi) is 9.48. The highest BCUT2D eigenvalue weighted by Crippen LogP contribution is 1.99. The van der Waals surface area contributed by atoms with Gasteiger partial charge in [0.25, 0.3) is 0 Å². The van der Waals surface area contributed by atoms with Gasteiger partial charge in [-0.3, -0.25) is 4.79 Å². The summed E-state index contributed by atoms with van der Waals surface area (Å²) in [6, 6.07) is 10.0. The number of rotatable bonds is 11. The van der Waals surface area contributed by atoms with Crippen LogP contribution in [0, 0.1) is 0 Å². The number of hydrogen-bond acceptors (Lipinski definition) is 5. The van der Waals surface area contributed by atoms with Gasteiger partial charge in [-0.25, -0.2) is 0 Å². The van der Waals surface area contributed by atoms with Gasteiger partial charge in [0.05, 0.1) is 53.2 Å². The van der Waals surface area contributed by atoms with Crippen LogP contribution >= 0.6 is 0 Å². The van der Waals surface area contributed by atoms with Crippen LogP contribution in [0.2, 0.25) is 0 Å². The molecule has 0 N–H and O–H groups in total. The van der Waals surface area contributed by atoms with Crippen LogP contribution < -0.4 is 0 Å². The predicted molar refractivity (Wildman–Crippen MR) is 74.4 cm³/mol. The van der Waals surface area contributed by atoms with E-state index < -0.39 is 0 Å². The first-order valence-electron chi connectivity index (χ1n) is 6.67. The van der Waals surface area contributed by atoms with Crippen LogP contribution in [0.15, 0.2) is 30.3 Å². The fraction of sp³-hybridized carbons (Fsp3) is 0.533. The molecule has 1 rings (SSSR count). The monoisotopic (exact) mass is 282 g/mol. The van der Waals surface area contributed by atoms with E-state index in [0.29, 0.717) is 39.6 Å². The molecule has 112 valence electrons. The van der Waals surface area contributed by atoms with E-state index in [4.69, 9.17) is 14.2 Å². The molecule has 0 heterocycles. The molecule has 0 aliphatic heterocycles. The number of carbonyl (C=O) groups excluding carboxylic acids is 1. The maximum atomic E-state index is 10.8. The third kappa shape index (κ3) is 8.63. The van der Waals surface area contributed by atoms with Gasteiger partial charge in [0.1, 0.15) is 0 Å².